The standard InChI is InChI=1S/C24H24ClNO4/c1-17-4-9-20(10-5-17)29-14-3-15-30-21-11-6-18(7-12-21)24(27)26-19-8-13-23(28-2)22(25)16-19/h4-13,16H,3,14-15H2,1-2H3,(H,26,27). The normalized spacial score (nSPS) is 10.4. The topological polar surface area (TPSA) is 56.8 Å². The van der Waals surface area contributed by atoms with Crippen LogP contribution in [-0.4, -0.2) is 26.2 Å². The van der Waals surface area contributed by atoms with Crippen LogP contribution in [0.3, 0.4) is 0 Å². The van der Waals surface area contributed by atoms with Crippen molar-refractivity contribution in [2.24, 2.45) is 0 Å². The number of methoxy groups -OCH3 is 1. The maximum absolute atomic E-state index is 12.4. The van der Waals surface area contributed by atoms with E-state index in [9.17, 15) is 4.79 Å². The van der Waals surface area contributed by atoms with Crippen LogP contribution < -0.4 is 19.5 Å². The first-order chi connectivity index (χ1) is 14.5. The van der Waals surface area contributed by atoms with Crippen molar-refractivity contribution in [1.29, 1.82) is 0 Å². The molecule has 0 bridgehead atoms. The van der Waals surface area contributed by atoms with Crippen molar-refractivity contribution in [3.8, 4) is 17.2 Å². The summed E-state index contributed by atoms with van der Waals surface area (Å²) in [6.07, 6.45) is 0.758. The Bertz CT molecular complexity index is 972. The molecule has 156 valence electrons. The highest BCUT2D eigenvalue weighted by Gasteiger charge is 2.08. The molecule has 0 unspecified atom stereocenters. The van der Waals surface area contributed by atoms with Crippen LogP contribution in [0.25, 0.3) is 0 Å². The van der Waals surface area contributed by atoms with Gasteiger partial charge in [-0.1, -0.05) is 29.3 Å². The van der Waals surface area contributed by atoms with Gasteiger partial charge in [0.15, 0.2) is 0 Å². The maximum Gasteiger partial charge on any atom is 0.255 e. The Hall–Kier alpha value is -3.18. The highest BCUT2D eigenvalue weighted by Crippen LogP contribution is 2.27. The summed E-state index contributed by atoms with van der Waals surface area (Å²) < 4.78 is 16.5. The Morgan fingerprint density at radius 1 is 0.900 bits per heavy atom. The molecule has 0 saturated heterocycles. The third-order valence-electron chi connectivity index (χ3n) is 4.37. The summed E-state index contributed by atoms with van der Waals surface area (Å²) in [6.45, 7) is 3.15. The summed E-state index contributed by atoms with van der Waals surface area (Å²) in [5.41, 5.74) is 2.33. The average molecular weight is 426 g/mol. The van der Waals surface area contributed by atoms with Crippen molar-refractivity contribution in [2.75, 3.05) is 25.6 Å². The molecule has 1 amide bonds. The zero-order valence-electron chi connectivity index (χ0n) is 17.0. The molecule has 0 spiro atoms. The minimum absolute atomic E-state index is 0.228. The lowest BCUT2D eigenvalue weighted by molar-refractivity contribution is 0.102. The zero-order chi connectivity index (χ0) is 21.3. The van der Waals surface area contributed by atoms with Gasteiger partial charge in [0.05, 0.1) is 25.3 Å². The van der Waals surface area contributed by atoms with E-state index >= 15 is 0 Å². The third kappa shape index (κ3) is 6.16. The second-order valence-corrected chi connectivity index (χ2v) is 7.10. The van der Waals surface area contributed by atoms with E-state index in [0.29, 0.717) is 41.0 Å². The Morgan fingerprint density at radius 2 is 1.50 bits per heavy atom. The largest absolute Gasteiger partial charge is 0.495 e. The van der Waals surface area contributed by atoms with Crippen LogP contribution in [0.5, 0.6) is 17.2 Å². The van der Waals surface area contributed by atoms with E-state index in [1.807, 2.05) is 31.2 Å². The van der Waals surface area contributed by atoms with Gasteiger partial charge < -0.3 is 19.5 Å². The predicted octanol–water partition coefficient (Wildman–Crippen LogP) is 5.76. The number of anilines is 1. The molecular formula is C24H24ClNO4. The number of carbonyl (C=O) groups is 1. The van der Waals surface area contributed by atoms with E-state index in [-0.39, 0.29) is 5.91 Å². The van der Waals surface area contributed by atoms with Crippen LogP contribution in [0.4, 0.5) is 5.69 Å². The van der Waals surface area contributed by atoms with E-state index < -0.39 is 0 Å². The Kier molecular flexibility index (Phi) is 7.57. The summed E-state index contributed by atoms with van der Waals surface area (Å²) in [4.78, 5) is 12.4. The molecule has 3 aromatic carbocycles. The fraction of sp³-hybridized carbons (Fsp3) is 0.208. The molecule has 0 fully saturated rings. The maximum atomic E-state index is 12.4. The SMILES string of the molecule is COc1ccc(NC(=O)c2ccc(OCCCOc3ccc(C)cc3)cc2)cc1Cl. The smallest absolute Gasteiger partial charge is 0.255 e. The van der Waals surface area contributed by atoms with Gasteiger partial charge in [0.25, 0.3) is 5.91 Å². The van der Waals surface area contributed by atoms with E-state index in [0.717, 1.165) is 12.2 Å². The molecule has 0 atom stereocenters. The van der Waals surface area contributed by atoms with Crippen molar-refractivity contribution >= 4 is 23.2 Å². The van der Waals surface area contributed by atoms with E-state index in [2.05, 4.69) is 5.32 Å². The molecule has 3 aromatic rings. The molecule has 0 aliphatic heterocycles. The lowest BCUT2D eigenvalue weighted by atomic mass is 10.2. The van der Waals surface area contributed by atoms with Gasteiger partial charge >= 0.3 is 0 Å². The molecule has 30 heavy (non-hydrogen) atoms. The quantitative estimate of drug-likeness (QED) is 0.443. The van der Waals surface area contributed by atoms with Crippen LogP contribution in [0.2, 0.25) is 5.02 Å². The molecular weight excluding hydrogens is 402 g/mol. The van der Waals surface area contributed by atoms with Gasteiger partial charge in [0.1, 0.15) is 17.2 Å². The minimum atomic E-state index is -0.228. The number of carbonyl (C=O) groups excluding carboxylic acids is 1. The van der Waals surface area contributed by atoms with Crippen LogP contribution in [0, 0.1) is 6.92 Å². The molecule has 0 radical (unpaired) electrons. The van der Waals surface area contributed by atoms with Crippen LogP contribution in [-0.2, 0) is 0 Å². The molecule has 0 aromatic heterocycles. The summed E-state index contributed by atoms with van der Waals surface area (Å²) in [5, 5.41) is 3.25. The second-order valence-electron chi connectivity index (χ2n) is 6.69. The van der Waals surface area contributed by atoms with Crippen LogP contribution >= 0.6 is 11.6 Å². The zero-order valence-corrected chi connectivity index (χ0v) is 17.7. The Labute approximate surface area is 181 Å². The van der Waals surface area contributed by atoms with Gasteiger partial charge in [-0.05, 0) is 61.5 Å². The fourth-order valence-corrected chi connectivity index (χ4v) is 2.98. The van der Waals surface area contributed by atoms with E-state index in [4.69, 9.17) is 25.8 Å². The number of aryl methyl sites for hydroxylation is 1. The summed E-state index contributed by atoms with van der Waals surface area (Å²) in [5.74, 6) is 1.89. The Morgan fingerprint density at radius 3 is 2.07 bits per heavy atom. The molecule has 6 heteroatoms. The number of amides is 1. The molecule has 1 N–H and O–H groups in total. The summed E-state index contributed by atoms with van der Waals surface area (Å²) >= 11 is 6.09. The lowest BCUT2D eigenvalue weighted by Crippen LogP contribution is -2.12. The number of benzene rings is 3. The van der Waals surface area contributed by atoms with E-state index in [1.165, 1.54) is 5.56 Å². The predicted molar refractivity (Wildman–Crippen MR) is 119 cm³/mol. The molecule has 0 aliphatic rings. The number of nitrogens with one attached hydrogen (secondary N) is 1. The number of ether oxygens (including phenoxy) is 3. The van der Waals surface area contributed by atoms with E-state index in [1.54, 1.807) is 49.6 Å². The monoisotopic (exact) mass is 425 g/mol. The highest BCUT2D eigenvalue weighted by atomic mass is 35.5. The van der Waals surface area contributed by atoms with Crippen LogP contribution in [0.15, 0.2) is 66.7 Å². The van der Waals surface area contributed by atoms with Gasteiger partial charge in [-0.25, -0.2) is 0 Å². The first kappa shape index (κ1) is 21.5. The van der Waals surface area contributed by atoms with Crippen LogP contribution in [0.1, 0.15) is 22.3 Å². The molecule has 0 aliphatic carbocycles. The van der Waals surface area contributed by atoms with Crippen molar-refractivity contribution < 1.29 is 19.0 Å². The number of halogens is 1. The minimum Gasteiger partial charge on any atom is -0.495 e. The van der Waals surface area contributed by atoms with Gasteiger partial charge in [-0.15, -0.1) is 0 Å². The molecule has 3 rings (SSSR count). The lowest BCUT2D eigenvalue weighted by Gasteiger charge is -2.10. The number of rotatable bonds is 9. The molecule has 5 nitrogen and oxygen atoms in total. The van der Waals surface area contributed by atoms with Crippen molar-refractivity contribution in [3.05, 3.63) is 82.9 Å². The van der Waals surface area contributed by atoms with Gasteiger partial charge in [0, 0.05) is 17.7 Å². The summed E-state index contributed by atoms with van der Waals surface area (Å²) in [7, 11) is 1.54. The summed E-state index contributed by atoms with van der Waals surface area (Å²) in [6, 6.07) is 20.0. The average Bonchev–Trinajstić information content (AvgIpc) is 2.75. The number of hydrogen-bond acceptors (Lipinski definition) is 4. The second kappa shape index (κ2) is 10.6. The van der Waals surface area contributed by atoms with Crippen molar-refractivity contribution in [3.63, 3.8) is 0 Å². The first-order valence-electron chi connectivity index (χ1n) is 9.62. The third-order valence-corrected chi connectivity index (χ3v) is 4.67. The molecule has 0 saturated carbocycles. The van der Waals surface area contributed by atoms with Gasteiger partial charge in [-0.3, -0.25) is 4.79 Å². The fourth-order valence-electron chi connectivity index (χ4n) is 2.72. The highest BCUT2D eigenvalue weighted by molar-refractivity contribution is 6.32. The van der Waals surface area contributed by atoms with Gasteiger partial charge in [-0.2, -0.15) is 0 Å². The van der Waals surface area contributed by atoms with Gasteiger partial charge in [0.2, 0.25) is 0 Å². The molecule has 0 heterocycles. The van der Waals surface area contributed by atoms with Crippen molar-refractivity contribution in [1.82, 2.24) is 0 Å². The number of hydrogen-bond donors (Lipinski definition) is 1. The Balaban J connectivity index is 1.43. The first-order valence-corrected chi connectivity index (χ1v) is 10.00. The van der Waals surface area contributed by atoms with Crippen molar-refractivity contribution in [2.45, 2.75) is 13.3 Å².